The van der Waals surface area contributed by atoms with Gasteiger partial charge in [0.25, 0.3) is 0 Å². The average Bonchev–Trinajstić information content (AvgIpc) is 3.12. The summed E-state index contributed by atoms with van der Waals surface area (Å²) in [4.78, 5) is 17.9. The summed E-state index contributed by atoms with van der Waals surface area (Å²) in [6, 6.07) is 6.50. The van der Waals surface area contributed by atoms with Gasteiger partial charge in [0.05, 0.1) is 0 Å². The molecule has 5 heteroatoms. The van der Waals surface area contributed by atoms with Crippen molar-refractivity contribution in [3.63, 3.8) is 0 Å². The summed E-state index contributed by atoms with van der Waals surface area (Å²) < 4.78 is 0. The van der Waals surface area contributed by atoms with Crippen molar-refractivity contribution >= 4 is 17.2 Å². The maximum atomic E-state index is 11.4. The Morgan fingerprint density at radius 1 is 1.33 bits per heavy atom. The maximum Gasteiger partial charge on any atom is 0.220 e. The van der Waals surface area contributed by atoms with Crippen molar-refractivity contribution in [3.05, 3.63) is 52.5 Å². The predicted molar refractivity (Wildman–Crippen MR) is 83.8 cm³/mol. The smallest absolute Gasteiger partial charge is 0.220 e. The van der Waals surface area contributed by atoms with Crippen LogP contribution in [0.3, 0.4) is 0 Å². The number of amides is 1. The molecular weight excluding hydrogens is 282 g/mol. The van der Waals surface area contributed by atoms with E-state index < -0.39 is 0 Å². The standard InChI is InChI=1S/C16H19N3OS/c20-16-4-3-15(18-16)11-19(10-14-5-7-21-12-14)9-13-2-1-6-17-8-13/h1-2,5-8,12,15H,3-4,9-11H2,(H,18,20)/t15-/m0/s1. The minimum atomic E-state index is 0.178. The van der Waals surface area contributed by atoms with Gasteiger partial charge in [-0.05, 0) is 40.4 Å². The van der Waals surface area contributed by atoms with Crippen LogP contribution >= 0.6 is 11.3 Å². The molecule has 21 heavy (non-hydrogen) atoms. The first-order valence-electron chi connectivity index (χ1n) is 7.21. The molecule has 0 bridgehead atoms. The molecule has 0 unspecified atom stereocenters. The lowest BCUT2D eigenvalue weighted by Crippen LogP contribution is -2.38. The Balaban J connectivity index is 1.66. The lowest BCUT2D eigenvalue weighted by molar-refractivity contribution is -0.119. The zero-order chi connectivity index (χ0) is 14.5. The fourth-order valence-electron chi connectivity index (χ4n) is 2.70. The lowest BCUT2D eigenvalue weighted by Gasteiger charge is -2.25. The van der Waals surface area contributed by atoms with Gasteiger partial charge in [-0.15, -0.1) is 0 Å². The van der Waals surface area contributed by atoms with Gasteiger partial charge < -0.3 is 5.32 Å². The van der Waals surface area contributed by atoms with E-state index in [1.54, 1.807) is 17.5 Å². The third-order valence-electron chi connectivity index (χ3n) is 3.68. The van der Waals surface area contributed by atoms with E-state index in [1.807, 2.05) is 12.3 Å². The van der Waals surface area contributed by atoms with E-state index in [1.165, 1.54) is 11.1 Å². The molecule has 1 aliphatic rings. The molecule has 110 valence electrons. The predicted octanol–water partition coefficient (Wildman–Crippen LogP) is 2.42. The van der Waals surface area contributed by atoms with Crippen molar-refractivity contribution in [2.45, 2.75) is 32.0 Å². The number of thiophene rings is 1. The molecule has 1 atom stereocenters. The van der Waals surface area contributed by atoms with Crippen molar-refractivity contribution in [2.24, 2.45) is 0 Å². The summed E-state index contributed by atoms with van der Waals surface area (Å²) in [5.41, 5.74) is 2.53. The van der Waals surface area contributed by atoms with Gasteiger partial charge in [-0.2, -0.15) is 11.3 Å². The second-order valence-electron chi connectivity index (χ2n) is 5.47. The van der Waals surface area contributed by atoms with Crippen LogP contribution in [0.1, 0.15) is 24.0 Å². The van der Waals surface area contributed by atoms with Gasteiger partial charge in [-0.3, -0.25) is 14.7 Å². The Bertz CT molecular complexity index is 570. The molecule has 1 aliphatic heterocycles. The second-order valence-corrected chi connectivity index (χ2v) is 6.25. The number of nitrogens with zero attached hydrogens (tertiary/aromatic N) is 2. The molecular formula is C16H19N3OS. The molecule has 3 heterocycles. The SMILES string of the molecule is O=C1CC[C@@H](CN(Cc2cccnc2)Cc2ccsc2)N1. The van der Waals surface area contributed by atoms with E-state index in [-0.39, 0.29) is 11.9 Å². The Labute approximate surface area is 128 Å². The molecule has 1 fully saturated rings. The largest absolute Gasteiger partial charge is 0.352 e. The average molecular weight is 301 g/mol. The molecule has 2 aromatic heterocycles. The first-order valence-corrected chi connectivity index (χ1v) is 8.15. The van der Waals surface area contributed by atoms with Crippen LogP contribution in [0.2, 0.25) is 0 Å². The fraction of sp³-hybridized carbons (Fsp3) is 0.375. The molecule has 0 radical (unpaired) electrons. The highest BCUT2D eigenvalue weighted by Crippen LogP contribution is 2.15. The monoisotopic (exact) mass is 301 g/mol. The molecule has 1 amide bonds. The fourth-order valence-corrected chi connectivity index (χ4v) is 3.36. The number of hydrogen-bond acceptors (Lipinski definition) is 4. The van der Waals surface area contributed by atoms with Crippen LogP contribution < -0.4 is 5.32 Å². The van der Waals surface area contributed by atoms with E-state index in [2.05, 4.69) is 38.1 Å². The summed E-state index contributed by atoms with van der Waals surface area (Å²) in [5.74, 6) is 0.178. The Hall–Kier alpha value is -1.72. The van der Waals surface area contributed by atoms with Crippen molar-refractivity contribution in [2.75, 3.05) is 6.54 Å². The van der Waals surface area contributed by atoms with Crippen LogP contribution in [-0.4, -0.2) is 28.4 Å². The summed E-state index contributed by atoms with van der Waals surface area (Å²) >= 11 is 1.72. The first-order chi connectivity index (χ1) is 10.3. The molecule has 1 N–H and O–H groups in total. The van der Waals surface area contributed by atoms with Gasteiger partial charge in [-0.25, -0.2) is 0 Å². The van der Waals surface area contributed by atoms with Crippen molar-refractivity contribution in [3.8, 4) is 0 Å². The minimum absolute atomic E-state index is 0.178. The zero-order valence-corrected chi connectivity index (χ0v) is 12.7. The van der Waals surface area contributed by atoms with E-state index in [0.717, 1.165) is 26.1 Å². The van der Waals surface area contributed by atoms with Crippen molar-refractivity contribution in [1.29, 1.82) is 0 Å². The Morgan fingerprint density at radius 3 is 2.90 bits per heavy atom. The number of aromatic nitrogens is 1. The molecule has 0 aromatic carbocycles. The number of rotatable bonds is 6. The minimum Gasteiger partial charge on any atom is -0.352 e. The van der Waals surface area contributed by atoms with Gasteiger partial charge in [0.2, 0.25) is 5.91 Å². The normalized spacial score (nSPS) is 18.1. The number of carbonyl (C=O) groups is 1. The van der Waals surface area contributed by atoms with Gasteiger partial charge in [0.15, 0.2) is 0 Å². The lowest BCUT2D eigenvalue weighted by atomic mass is 10.1. The molecule has 4 nitrogen and oxygen atoms in total. The molecule has 0 spiro atoms. The van der Waals surface area contributed by atoms with E-state index in [4.69, 9.17) is 0 Å². The van der Waals surface area contributed by atoms with Crippen LogP contribution in [-0.2, 0) is 17.9 Å². The molecule has 1 saturated heterocycles. The number of pyridine rings is 1. The zero-order valence-electron chi connectivity index (χ0n) is 11.9. The van der Waals surface area contributed by atoms with Crippen LogP contribution in [0.25, 0.3) is 0 Å². The van der Waals surface area contributed by atoms with Crippen LogP contribution in [0.15, 0.2) is 41.4 Å². The van der Waals surface area contributed by atoms with Crippen LogP contribution in [0.5, 0.6) is 0 Å². The molecule has 0 aliphatic carbocycles. The van der Waals surface area contributed by atoms with E-state index >= 15 is 0 Å². The highest BCUT2D eigenvalue weighted by Gasteiger charge is 2.23. The van der Waals surface area contributed by atoms with Crippen molar-refractivity contribution < 1.29 is 4.79 Å². The Kier molecular flexibility index (Phi) is 4.62. The van der Waals surface area contributed by atoms with E-state index in [9.17, 15) is 4.79 Å². The van der Waals surface area contributed by atoms with Crippen LogP contribution in [0.4, 0.5) is 0 Å². The third kappa shape index (κ3) is 4.12. The van der Waals surface area contributed by atoms with Gasteiger partial charge >= 0.3 is 0 Å². The maximum absolute atomic E-state index is 11.4. The summed E-state index contributed by atoms with van der Waals surface area (Å²) in [5, 5.41) is 7.35. The molecule has 0 saturated carbocycles. The first kappa shape index (κ1) is 14.2. The number of carbonyl (C=O) groups excluding carboxylic acids is 1. The highest BCUT2D eigenvalue weighted by atomic mass is 32.1. The Morgan fingerprint density at radius 2 is 2.24 bits per heavy atom. The third-order valence-corrected chi connectivity index (χ3v) is 4.41. The van der Waals surface area contributed by atoms with Gasteiger partial charge in [0, 0.05) is 44.5 Å². The summed E-state index contributed by atoms with van der Waals surface area (Å²) in [6.45, 7) is 2.65. The quantitative estimate of drug-likeness (QED) is 0.891. The molecule has 2 aromatic rings. The summed E-state index contributed by atoms with van der Waals surface area (Å²) in [6.07, 6.45) is 5.30. The number of hydrogen-bond donors (Lipinski definition) is 1. The van der Waals surface area contributed by atoms with Gasteiger partial charge in [-0.1, -0.05) is 6.07 Å². The van der Waals surface area contributed by atoms with Gasteiger partial charge in [0.1, 0.15) is 0 Å². The summed E-state index contributed by atoms with van der Waals surface area (Å²) in [7, 11) is 0. The second kappa shape index (κ2) is 6.83. The van der Waals surface area contributed by atoms with Crippen molar-refractivity contribution in [1.82, 2.24) is 15.2 Å². The highest BCUT2D eigenvalue weighted by molar-refractivity contribution is 7.07. The van der Waals surface area contributed by atoms with E-state index in [0.29, 0.717) is 6.42 Å². The molecule has 3 rings (SSSR count). The number of nitrogens with one attached hydrogen (secondary N) is 1. The van der Waals surface area contributed by atoms with Crippen LogP contribution in [0, 0.1) is 0 Å². The topological polar surface area (TPSA) is 45.2 Å².